The van der Waals surface area contributed by atoms with Gasteiger partial charge in [-0.2, -0.15) is 0 Å². The molecule has 11 heteroatoms. The number of esters is 1. The fourth-order valence-electron chi connectivity index (χ4n) is 5.55. The molecule has 0 aliphatic carbocycles. The topological polar surface area (TPSA) is 109 Å². The van der Waals surface area contributed by atoms with Gasteiger partial charge in [0, 0.05) is 23.0 Å². The summed E-state index contributed by atoms with van der Waals surface area (Å²) < 4.78 is 19.5. The second kappa shape index (κ2) is 12.9. The lowest BCUT2D eigenvalue weighted by atomic mass is 9.90. The molecule has 9 nitrogen and oxygen atoms in total. The van der Waals surface area contributed by atoms with E-state index in [4.69, 9.17) is 18.9 Å². The van der Waals surface area contributed by atoms with E-state index in [0.717, 1.165) is 28.6 Å². The molecular weight excluding hydrogens is 609 g/mol. The monoisotopic (exact) mass is 640 g/mol. The minimum Gasteiger partial charge on any atom is -0.496 e. The number of thiazole rings is 1. The molecule has 0 fully saturated rings. The van der Waals surface area contributed by atoms with Gasteiger partial charge in [-0.25, -0.2) is 19.8 Å². The molecule has 45 heavy (non-hydrogen) atoms. The fourth-order valence-corrected chi connectivity index (χ4v) is 7.39. The Hall–Kier alpha value is -4.48. The first-order valence-electron chi connectivity index (χ1n) is 14.7. The van der Waals surface area contributed by atoms with Crippen LogP contribution in [0.15, 0.2) is 90.3 Å². The van der Waals surface area contributed by atoms with Gasteiger partial charge in [0.05, 0.1) is 29.5 Å². The summed E-state index contributed by atoms with van der Waals surface area (Å²) in [4.78, 5) is 42.3. The van der Waals surface area contributed by atoms with Crippen LogP contribution in [0.3, 0.4) is 0 Å². The van der Waals surface area contributed by atoms with Crippen molar-refractivity contribution < 1.29 is 18.7 Å². The normalized spacial score (nSPS) is 14.9. The van der Waals surface area contributed by atoms with Crippen molar-refractivity contribution in [3.8, 4) is 5.75 Å². The van der Waals surface area contributed by atoms with E-state index in [-0.39, 0.29) is 12.2 Å². The third-order valence-electron chi connectivity index (χ3n) is 7.35. The van der Waals surface area contributed by atoms with Crippen molar-refractivity contribution in [1.29, 1.82) is 0 Å². The predicted molar refractivity (Wildman–Crippen MR) is 174 cm³/mol. The largest absolute Gasteiger partial charge is 0.496 e. The molecular formula is C34H32N4O5S2. The molecule has 230 valence electrons. The first kappa shape index (κ1) is 30.5. The molecule has 0 unspecified atom stereocenters. The first-order valence-corrected chi connectivity index (χ1v) is 16.3. The summed E-state index contributed by atoms with van der Waals surface area (Å²) >= 11 is 2.57. The SMILES string of the molecule is CCCC1=C(C(=O)OCC)[C@@H](c2c(OC)ccc3ccccc23)n2c(s/c(=C/c3ccc(Sc4nc(C)cc(C)n4)o3)c2=O)=N1. The molecule has 5 aromatic rings. The number of aryl methyl sites for hydroxylation is 2. The summed E-state index contributed by atoms with van der Waals surface area (Å²) in [5.41, 5.74) is 3.12. The lowest BCUT2D eigenvalue weighted by Crippen LogP contribution is -2.40. The molecule has 0 spiro atoms. The molecule has 2 aromatic carbocycles. The Bertz CT molecular complexity index is 2120. The van der Waals surface area contributed by atoms with E-state index in [9.17, 15) is 9.59 Å². The van der Waals surface area contributed by atoms with E-state index < -0.39 is 12.0 Å². The number of nitrogens with zero attached hydrogens (tertiary/aromatic N) is 4. The van der Waals surface area contributed by atoms with Gasteiger partial charge >= 0.3 is 5.97 Å². The third kappa shape index (κ3) is 5.97. The minimum atomic E-state index is -0.811. The highest BCUT2D eigenvalue weighted by molar-refractivity contribution is 7.99. The van der Waals surface area contributed by atoms with Crippen molar-refractivity contribution in [2.45, 2.75) is 56.8 Å². The summed E-state index contributed by atoms with van der Waals surface area (Å²) in [6.07, 6.45) is 3.01. The standard InChI is InChI=1S/C34H32N4O5S2/c1-6-10-24-29(32(40)42-7-2)30(28-23-12-9-8-11-21(23)13-15-25(28)41-5)38-31(39)26(44-34(38)37-24)18-22-14-16-27(43-22)45-33-35-19(3)17-20(4)36-33/h8-9,11-18,30H,6-7,10H2,1-5H3/b26-18+/t30-/m1/s1. The highest BCUT2D eigenvalue weighted by atomic mass is 32.2. The number of hydrogen-bond acceptors (Lipinski definition) is 10. The van der Waals surface area contributed by atoms with Crippen molar-refractivity contribution in [2.75, 3.05) is 13.7 Å². The number of carbonyl (C=O) groups excluding carboxylic acids is 1. The number of hydrogen-bond donors (Lipinski definition) is 0. The van der Waals surface area contributed by atoms with Gasteiger partial charge in [0.25, 0.3) is 5.56 Å². The lowest BCUT2D eigenvalue weighted by molar-refractivity contribution is -0.139. The van der Waals surface area contributed by atoms with E-state index in [1.165, 1.54) is 23.1 Å². The van der Waals surface area contributed by atoms with Gasteiger partial charge in [-0.3, -0.25) is 9.36 Å². The van der Waals surface area contributed by atoms with Crippen LogP contribution in [0.2, 0.25) is 0 Å². The van der Waals surface area contributed by atoms with Crippen LogP contribution in [-0.4, -0.2) is 34.2 Å². The molecule has 1 aliphatic heterocycles. The van der Waals surface area contributed by atoms with Gasteiger partial charge in [-0.15, -0.1) is 0 Å². The number of benzene rings is 2. The van der Waals surface area contributed by atoms with Crippen molar-refractivity contribution in [1.82, 2.24) is 14.5 Å². The van der Waals surface area contributed by atoms with Gasteiger partial charge in [0.1, 0.15) is 17.6 Å². The number of aromatic nitrogens is 3. The Morgan fingerprint density at radius 3 is 2.60 bits per heavy atom. The maximum absolute atomic E-state index is 14.3. The van der Waals surface area contributed by atoms with Crippen LogP contribution < -0.4 is 19.6 Å². The van der Waals surface area contributed by atoms with E-state index >= 15 is 0 Å². The van der Waals surface area contributed by atoms with Crippen LogP contribution in [0.5, 0.6) is 5.75 Å². The molecule has 0 bridgehead atoms. The van der Waals surface area contributed by atoms with Crippen molar-refractivity contribution in [3.05, 3.63) is 108 Å². The molecule has 0 saturated heterocycles. The number of fused-ring (bicyclic) bond motifs is 2. The highest BCUT2D eigenvalue weighted by Crippen LogP contribution is 2.41. The summed E-state index contributed by atoms with van der Waals surface area (Å²) in [6.45, 7) is 7.84. The van der Waals surface area contributed by atoms with Crippen molar-refractivity contribution in [3.63, 3.8) is 0 Å². The molecule has 0 amide bonds. The molecule has 0 saturated carbocycles. The second-order valence-corrected chi connectivity index (χ2v) is 12.5. The quantitative estimate of drug-likeness (QED) is 0.145. The van der Waals surface area contributed by atoms with Crippen LogP contribution >= 0.6 is 23.1 Å². The van der Waals surface area contributed by atoms with Crippen LogP contribution in [0, 0.1) is 13.8 Å². The van der Waals surface area contributed by atoms with Gasteiger partial charge in [0.2, 0.25) is 0 Å². The van der Waals surface area contributed by atoms with Gasteiger partial charge in [-0.05, 0) is 74.0 Å². The minimum absolute atomic E-state index is 0.192. The summed E-state index contributed by atoms with van der Waals surface area (Å²) in [5, 5.41) is 3.03. The molecule has 0 radical (unpaired) electrons. The third-order valence-corrected chi connectivity index (χ3v) is 9.11. The van der Waals surface area contributed by atoms with E-state index in [1.807, 2.05) is 69.3 Å². The molecule has 4 heterocycles. The van der Waals surface area contributed by atoms with Crippen LogP contribution in [0.1, 0.15) is 55.4 Å². The zero-order chi connectivity index (χ0) is 31.7. The fraction of sp³-hybridized carbons (Fsp3) is 0.265. The molecule has 1 atom stereocenters. The number of methoxy groups -OCH3 is 1. The van der Waals surface area contributed by atoms with E-state index in [1.54, 1.807) is 30.7 Å². The zero-order valence-corrected chi connectivity index (χ0v) is 27.3. The number of ether oxygens (including phenoxy) is 2. The molecule has 1 aliphatic rings. The van der Waals surface area contributed by atoms with E-state index in [2.05, 4.69) is 9.97 Å². The summed E-state index contributed by atoms with van der Waals surface area (Å²) in [7, 11) is 1.59. The maximum atomic E-state index is 14.3. The van der Waals surface area contributed by atoms with Gasteiger partial charge in [-0.1, -0.05) is 55.0 Å². The predicted octanol–water partition coefficient (Wildman–Crippen LogP) is 5.89. The van der Waals surface area contributed by atoms with Crippen LogP contribution in [-0.2, 0) is 9.53 Å². The second-order valence-electron chi connectivity index (χ2n) is 10.5. The Labute approximate surface area is 268 Å². The highest BCUT2D eigenvalue weighted by Gasteiger charge is 2.37. The smallest absolute Gasteiger partial charge is 0.338 e. The summed E-state index contributed by atoms with van der Waals surface area (Å²) in [6, 6.07) is 16.5. The Morgan fingerprint density at radius 1 is 1.09 bits per heavy atom. The van der Waals surface area contributed by atoms with Crippen LogP contribution in [0.25, 0.3) is 16.8 Å². The number of furan rings is 1. The van der Waals surface area contributed by atoms with Gasteiger partial charge in [0.15, 0.2) is 15.1 Å². The van der Waals surface area contributed by atoms with Crippen LogP contribution in [0.4, 0.5) is 0 Å². The van der Waals surface area contributed by atoms with Crippen molar-refractivity contribution >= 4 is 45.9 Å². The molecule has 3 aromatic heterocycles. The Balaban J connectivity index is 1.54. The lowest BCUT2D eigenvalue weighted by Gasteiger charge is -2.28. The summed E-state index contributed by atoms with van der Waals surface area (Å²) in [5.74, 6) is 0.569. The molecule has 0 N–H and O–H groups in total. The number of rotatable bonds is 9. The maximum Gasteiger partial charge on any atom is 0.338 e. The van der Waals surface area contributed by atoms with Gasteiger partial charge < -0.3 is 13.9 Å². The van der Waals surface area contributed by atoms with E-state index in [0.29, 0.717) is 54.3 Å². The zero-order valence-electron chi connectivity index (χ0n) is 25.6. The Kier molecular flexibility index (Phi) is 8.73. The Morgan fingerprint density at radius 2 is 1.87 bits per heavy atom. The first-order chi connectivity index (χ1) is 21.8. The average molecular weight is 641 g/mol. The number of carbonyl (C=O) groups is 1. The average Bonchev–Trinajstić information content (AvgIpc) is 3.58. The molecule has 6 rings (SSSR count). The van der Waals surface area contributed by atoms with Crippen molar-refractivity contribution in [2.24, 2.45) is 4.99 Å². The number of allylic oxidation sites excluding steroid dienone is 1.